The van der Waals surface area contributed by atoms with Gasteiger partial charge in [0.2, 0.25) is 29.5 Å². The van der Waals surface area contributed by atoms with E-state index in [9.17, 15) is 84.3 Å². The molecule has 11 atom stereocenters. The minimum atomic E-state index is -1.90. The van der Waals surface area contributed by atoms with Gasteiger partial charge < -0.3 is 151 Å². The third kappa shape index (κ3) is 48.6. The van der Waals surface area contributed by atoms with Crippen molar-refractivity contribution in [2.75, 3.05) is 216 Å². The normalized spacial score (nSPS) is 15.4. The summed E-state index contributed by atoms with van der Waals surface area (Å²) in [5.41, 5.74) is 6.20. The van der Waals surface area contributed by atoms with Crippen molar-refractivity contribution in [2.24, 2.45) is 11.7 Å². The van der Waals surface area contributed by atoms with Gasteiger partial charge in [0.05, 0.1) is 191 Å². The van der Waals surface area contributed by atoms with Crippen LogP contribution in [-0.2, 0) is 97.0 Å². The van der Waals surface area contributed by atoms with Gasteiger partial charge >= 0.3 is 6.03 Å². The summed E-state index contributed by atoms with van der Waals surface area (Å²) in [6.45, 7) is 8.35. The highest BCUT2D eigenvalue weighted by Crippen LogP contribution is 2.16. The minimum Gasteiger partial charge on any atom is -0.394 e. The van der Waals surface area contributed by atoms with E-state index in [1.807, 2.05) is 0 Å². The van der Waals surface area contributed by atoms with Crippen LogP contribution in [0.2, 0.25) is 0 Å². The zero-order valence-electron chi connectivity index (χ0n) is 63.9. The number of ether oxygens (including phenoxy) is 12. The first-order chi connectivity index (χ1) is 53.4. The lowest BCUT2D eigenvalue weighted by molar-refractivity contribution is -0.137. The van der Waals surface area contributed by atoms with Crippen LogP contribution in [0.4, 0.5) is 10.5 Å². The summed E-state index contributed by atoms with van der Waals surface area (Å²) < 4.78 is 66.3. The summed E-state index contributed by atoms with van der Waals surface area (Å²) in [7, 11) is 0. The van der Waals surface area contributed by atoms with Crippen LogP contribution in [0, 0.1) is 5.92 Å². The van der Waals surface area contributed by atoms with Crippen molar-refractivity contribution in [3.63, 3.8) is 0 Å². The van der Waals surface area contributed by atoms with E-state index in [1.54, 1.807) is 38.1 Å². The van der Waals surface area contributed by atoms with Crippen molar-refractivity contribution in [1.29, 1.82) is 0 Å². The van der Waals surface area contributed by atoms with Crippen molar-refractivity contribution in [3.8, 4) is 0 Å². The van der Waals surface area contributed by atoms with Gasteiger partial charge in [0.25, 0.3) is 11.8 Å². The highest BCUT2D eigenvalue weighted by Gasteiger charge is 2.36. The molecule has 0 unspecified atom stereocenters. The fraction of sp³-hybridized carbons (Fsp3) is 0.775. The Labute approximate surface area is 647 Å². The number of aliphatic hydroxyl groups is 11. The van der Waals surface area contributed by atoms with E-state index in [0.29, 0.717) is 143 Å². The number of amides is 9. The maximum atomic E-state index is 14.0. The summed E-state index contributed by atoms with van der Waals surface area (Å²) in [5, 5.41) is 124. The number of imide groups is 1. The molecule has 40 nitrogen and oxygen atoms in total. The second-order valence-electron chi connectivity index (χ2n) is 25.8. The number of primary amides is 1. The average molecular weight is 1600 g/mol. The van der Waals surface area contributed by atoms with Crippen LogP contribution in [-0.4, -0.2) is 391 Å². The zero-order valence-corrected chi connectivity index (χ0v) is 63.9. The maximum absolute atomic E-state index is 14.0. The van der Waals surface area contributed by atoms with Gasteiger partial charge in [-0.1, -0.05) is 32.4 Å². The van der Waals surface area contributed by atoms with E-state index in [4.69, 9.17) is 72.8 Å². The molecule has 1 aliphatic heterocycles. The molecular weight excluding hydrogens is 1470 g/mol. The number of aliphatic hydroxyl groups excluding tert-OH is 11. The van der Waals surface area contributed by atoms with Gasteiger partial charge in [0, 0.05) is 69.9 Å². The van der Waals surface area contributed by atoms with E-state index in [1.165, 1.54) is 17.1 Å². The van der Waals surface area contributed by atoms with Crippen molar-refractivity contribution in [3.05, 3.63) is 42.0 Å². The van der Waals surface area contributed by atoms with E-state index in [-0.39, 0.29) is 111 Å². The summed E-state index contributed by atoms with van der Waals surface area (Å²) in [6, 6.07) is 2.00. The van der Waals surface area contributed by atoms with E-state index >= 15 is 0 Å². The SMILES string of the molecule is CC(C)[C@H](NC(=O)[C@H](CCC(=O)NCCOCCOCCOCCOCCOCCOCCOCCOCCOCCOCCOCCOCCN(C[C@H](O)[C@@H](O)[C@H](O)[C@H](O)CO)C[C@H](O)[C@@H](O)[C@H](O)[C@H](O)CO)NC(=O)CCCCCN1C(=O)C=CC1=O)C(=O)N[C@@H](CCCNC(N)=O)C(=O)Nc1ccc(CO)cc1. The molecule has 1 aromatic rings. The number of rotatable bonds is 73. The largest absolute Gasteiger partial charge is 0.394 e. The molecule has 0 fully saturated rings. The first-order valence-electron chi connectivity index (χ1n) is 37.5. The molecule has 1 aromatic carbocycles. The number of hydrogen-bond acceptors (Lipinski definition) is 32. The first kappa shape index (κ1) is 101. The number of unbranched alkanes of at least 4 members (excludes halogenated alkanes) is 2. The van der Waals surface area contributed by atoms with Crippen LogP contribution in [0.15, 0.2) is 36.4 Å². The Morgan fingerprint density at radius 3 is 1.24 bits per heavy atom. The van der Waals surface area contributed by atoms with Gasteiger partial charge in [-0.3, -0.25) is 43.4 Å². The number of nitrogens with zero attached hydrogens (tertiary/aromatic N) is 2. The Morgan fingerprint density at radius 1 is 0.432 bits per heavy atom. The van der Waals surface area contributed by atoms with Crippen LogP contribution in [0.5, 0.6) is 0 Å². The molecule has 1 heterocycles. The number of anilines is 1. The number of benzene rings is 1. The zero-order chi connectivity index (χ0) is 81.8. The topological polar surface area (TPSA) is 575 Å². The Hall–Kier alpha value is -6.24. The molecule has 9 amide bonds. The van der Waals surface area contributed by atoms with Crippen LogP contribution >= 0.6 is 0 Å². The van der Waals surface area contributed by atoms with Gasteiger partial charge in [-0.25, -0.2) is 4.79 Å². The number of hydrogen-bond donors (Lipinski definition) is 18. The molecule has 40 heteroatoms. The van der Waals surface area contributed by atoms with Gasteiger partial charge in [0.1, 0.15) is 54.7 Å². The van der Waals surface area contributed by atoms with Crippen molar-refractivity contribution >= 4 is 53.1 Å². The molecule has 1 aliphatic rings. The fourth-order valence-corrected chi connectivity index (χ4v) is 10.1. The first-order valence-corrected chi connectivity index (χ1v) is 37.5. The van der Waals surface area contributed by atoms with Gasteiger partial charge in [-0.2, -0.15) is 0 Å². The number of nitrogens with one attached hydrogen (secondary N) is 6. The Bertz CT molecular complexity index is 2640. The van der Waals surface area contributed by atoms with E-state index in [0.717, 1.165) is 4.90 Å². The predicted molar refractivity (Wildman–Crippen MR) is 394 cm³/mol. The molecule has 2 rings (SSSR count). The molecule has 0 bridgehead atoms. The van der Waals surface area contributed by atoms with Crippen LogP contribution in [0.3, 0.4) is 0 Å². The number of urea groups is 1. The van der Waals surface area contributed by atoms with Crippen LogP contribution < -0.4 is 37.6 Å². The summed E-state index contributed by atoms with van der Waals surface area (Å²) >= 11 is 0. The molecular formula is C71H125N9O31. The number of nitrogens with two attached hydrogens (primary N) is 1. The molecule has 111 heavy (non-hydrogen) atoms. The predicted octanol–water partition coefficient (Wildman–Crippen LogP) is -6.57. The summed E-state index contributed by atoms with van der Waals surface area (Å²) in [5.74, 6) is -4.37. The van der Waals surface area contributed by atoms with Crippen molar-refractivity contribution in [1.82, 2.24) is 36.4 Å². The second kappa shape index (κ2) is 64.1. The molecule has 0 saturated carbocycles. The fourth-order valence-electron chi connectivity index (χ4n) is 10.1. The Morgan fingerprint density at radius 2 is 0.838 bits per heavy atom. The highest BCUT2D eigenvalue weighted by molar-refractivity contribution is 6.12. The Balaban J connectivity index is 1.51. The van der Waals surface area contributed by atoms with E-state index < -0.39 is 147 Å². The highest BCUT2D eigenvalue weighted by atomic mass is 16.6. The molecule has 0 radical (unpaired) electrons. The van der Waals surface area contributed by atoms with Crippen molar-refractivity contribution in [2.45, 2.75) is 139 Å². The molecule has 0 saturated heterocycles. The lowest BCUT2D eigenvalue weighted by atomic mass is 10.0. The monoisotopic (exact) mass is 1600 g/mol. The summed E-state index contributed by atoms with van der Waals surface area (Å²) in [6.07, 6.45) is -10.9. The third-order valence-corrected chi connectivity index (χ3v) is 16.5. The average Bonchev–Trinajstić information content (AvgIpc) is 1.76. The molecule has 0 aromatic heterocycles. The van der Waals surface area contributed by atoms with Gasteiger partial charge in [-0.05, 0) is 55.7 Å². The second-order valence-corrected chi connectivity index (χ2v) is 25.8. The number of carbonyl (C=O) groups is 8. The van der Waals surface area contributed by atoms with Crippen molar-refractivity contribution < 1.29 is 151 Å². The number of carbonyl (C=O) groups excluding carboxylic acids is 8. The van der Waals surface area contributed by atoms with Gasteiger partial charge in [0.15, 0.2) is 0 Å². The molecule has 0 aliphatic carbocycles. The minimum absolute atomic E-state index is 0.00609. The Kier molecular flexibility index (Phi) is 58.2. The smallest absolute Gasteiger partial charge is 0.312 e. The van der Waals surface area contributed by atoms with Gasteiger partial charge in [-0.15, -0.1) is 0 Å². The molecule has 0 spiro atoms. The summed E-state index contributed by atoms with van der Waals surface area (Å²) in [4.78, 5) is 105. The van der Waals surface area contributed by atoms with E-state index in [2.05, 4.69) is 31.9 Å². The maximum Gasteiger partial charge on any atom is 0.312 e. The molecule has 19 N–H and O–H groups in total. The lowest BCUT2D eigenvalue weighted by Gasteiger charge is -2.33. The van der Waals surface area contributed by atoms with Crippen LogP contribution in [0.25, 0.3) is 0 Å². The lowest BCUT2D eigenvalue weighted by Crippen LogP contribution is -2.58. The molecule has 640 valence electrons. The standard InChI is InChI=1S/C71H125N9O31/c1-50(2)63(70(98)77-53(7-6-17-74-71(72)99)68(96)75-52-11-9-51(47-81)10-12-52)78-69(97)54(76-60(89)8-4-3-5-19-80-61(90)15-16-62(80)91)13-14-59(88)73-18-21-100-23-25-102-27-29-104-31-33-106-35-37-108-39-41-110-43-44-111-42-40-109-38-36-107-34-32-105-30-28-103-26-24-101-22-20-79(45-55(84)64(92)66(94)57(86)48-82)46-56(85)65(93)67(95)58(87)49-83/h9-12,15-16,50,53-58,63-67,81-87,92-95H,3-8,13-14,17-49H2,1-2H3,(H,73,88)(H,75,96)(H,76,89)(H,77,98)(H,78,97)(H3,72,74,99)/t53-,54-,55-,56-,57+,58+,63-,64+,65+,66+,67+/m0/s1. The van der Waals surface area contributed by atoms with Crippen LogP contribution in [0.1, 0.15) is 70.8 Å². The quantitative estimate of drug-likeness (QED) is 0.0213. The third-order valence-electron chi connectivity index (χ3n) is 16.5.